The molecule has 1 nitrogen and oxygen atoms in total. The number of aryl methyl sites for hydroxylation is 1. The van der Waals surface area contributed by atoms with Gasteiger partial charge in [0, 0.05) is 11.4 Å². The van der Waals surface area contributed by atoms with Crippen LogP contribution in [-0.4, -0.2) is 4.57 Å². The molecule has 0 unspecified atom stereocenters. The van der Waals surface area contributed by atoms with Crippen molar-refractivity contribution < 1.29 is 0 Å². The minimum atomic E-state index is 0.566. The number of benzene rings is 2. The monoisotopic (exact) mass is 301 g/mol. The zero-order chi connectivity index (χ0) is 14.1. The predicted octanol–water partition coefficient (Wildman–Crippen LogP) is 5.76. The fraction of sp³-hybridized carbons (Fsp3) is 0.0588. The molecule has 0 amide bonds. The molecule has 0 atom stereocenters. The maximum absolute atomic E-state index is 6.14. The van der Waals surface area contributed by atoms with E-state index in [1.54, 1.807) is 0 Å². The second kappa shape index (κ2) is 5.35. The quantitative estimate of drug-likeness (QED) is 0.567. The summed E-state index contributed by atoms with van der Waals surface area (Å²) in [5.41, 5.74) is 4.48. The predicted molar refractivity (Wildman–Crippen MR) is 86.0 cm³/mol. The molecular weight excluding hydrogens is 289 g/mol. The van der Waals surface area contributed by atoms with Crippen molar-refractivity contribution in [3.8, 4) is 16.9 Å². The summed E-state index contributed by atoms with van der Waals surface area (Å²) in [5, 5.41) is 1.14. The third kappa shape index (κ3) is 2.35. The molecule has 3 aromatic rings. The van der Waals surface area contributed by atoms with E-state index in [1.807, 2.05) is 36.4 Å². The van der Waals surface area contributed by atoms with Crippen LogP contribution in [0.15, 0.2) is 60.7 Å². The van der Waals surface area contributed by atoms with Crippen LogP contribution < -0.4 is 0 Å². The molecule has 1 heterocycles. The molecule has 20 heavy (non-hydrogen) atoms. The Bertz CT molecular complexity index is 745. The molecule has 3 rings (SSSR count). The van der Waals surface area contributed by atoms with Gasteiger partial charge in [-0.3, -0.25) is 0 Å². The highest BCUT2D eigenvalue weighted by Gasteiger charge is 2.10. The average Bonchev–Trinajstić information content (AvgIpc) is 2.85. The number of hydrogen-bond donors (Lipinski definition) is 0. The summed E-state index contributed by atoms with van der Waals surface area (Å²) in [6.45, 7) is 2.08. The summed E-state index contributed by atoms with van der Waals surface area (Å²) in [6.07, 6.45) is 0. The van der Waals surface area contributed by atoms with E-state index in [0.29, 0.717) is 10.0 Å². The fourth-order valence-electron chi connectivity index (χ4n) is 2.34. The van der Waals surface area contributed by atoms with Crippen LogP contribution in [0.25, 0.3) is 16.9 Å². The Morgan fingerprint density at radius 1 is 0.800 bits per heavy atom. The lowest BCUT2D eigenvalue weighted by Gasteiger charge is -2.13. The van der Waals surface area contributed by atoms with Gasteiger partial charge < -0.3 is 4.57 Å². The summed E-state index contributed by atoms with van der Waals surface area (Å²) < 4.78 is 2.18. The van der Waals surface area contributed by atoms with Crippen molar-refractivity contribution in [1.82, 2.24) is 4.57 Å². The molecule has 3 heteroatoms. The highest BCUT2D eigenvalue weighted by Crippen LogP contribution is 2.30. The molecule has 0 bridgehead atoms. The number of rotatable bonds is 2. The van der Waals surface area contributed by atoms with E-state index in [-0.39, 0.29) is 0 Å². The van der Waals surface area contributed by atoms with Gasteiger partial charge in [0.2, 0.25) is 0 Å². The molecule has 0 saturated carbocycles. The van der Waals surface area contributed by atoms with E-state index >= 15 is 0 Å². The lowest BCUT2D eigenvalue weighted by atomic mass is 10.1. The zero-order valence-corrected chi connectivity index (χ0v) is 12.5. The van der Waals surface area contributed by atoms with Gasteiger partial charge in [0.15, 0.2) is 0 Å². The minimum Gasteiger partial charge on any atom is -0.314 e. The number of hydrogen-bond acceptors (Lipinski definition) is 0. The van der Waals surface area contributed by atoms with Crippen LogP contribution in [-0.2, 0) is 0 Å². The molecular formula is C17H13Cl2N. The highest BCUT2D eigenvalue weighted by molar-refractivity contribution is 6.42. The third-order valence-corrected chi connectivity index (χ3v) is 4.05. The van der Waals surface area contributed by atoms with Gasteiger partial charge in [-0.25, -0.2) is 0 Å². The first-order valence-electron chi connectivity index (χ1n) is 6.36. The molecule has 2 aromatic carbocycles. The molecule has 0 N–H and O–H groups in total. The maximum atomic E-state index is 6.14. The summed E-state index contributed by atoms with van der Waals surface area (Å²) in [6, 6.07) is 20.2. The van der Waals surface area contributed by atoms with Gasteiger partial charge in [0.05, 0.1) is 15.7 Å². The molecule has 0 saturated heterocycles. The van der Waals surface area contributed by atoms with E-state index in [0.717, 1.165) is 17.1 Å². The van der Waals surface area contributed by atoms with Gasteiger partial charge >= 0.3 is 0 Å². The van der Waals surface area contributed by atoms with Crippen molar-refractivity contribution in [2.24, 2.45) is 0 Å². The van der Waals surface area contributed by atoms with E-state index in [9.17, 15) is 0 Å². The Hall–Kier alpha value is -1.70. The van der Waals surface area contributed by atoms with Crippen LogP contribution in [0.4, 0.5) is 0 Å². The lowest BCUT2D eigenvalue weighted by molar-refractivity contribution is 1.02. The third-order valence-electron chi connectivity index (χ3n) is 3.31. The SMILES string of the molecule is Cc1ccc(-c2ccccc2)n1-c1ccc(Cl)c(Cl)c1. The Morgan fingerprint density at radius 2 is 1.55 bits per heavy atom. The smallest absolute Gasteiger partial charge is 0.0613 e. The summed E-state index contributed by atoms with van der Waals surface area (Å²) in [4.78, 5) is 0. The lowest BCUT2D eigenvalue weighted by Crippen LogP contribution is -1.98. The van der Waals surface area contributed by atoms with Gasteiger partial charge in [-0.15, -0.1) is 0 Å². The normalized spacial score (nSPS) is 10.8. The highest BCUT2D eigenvalue weighted by atomic mass is 35.5. The second-order valence-corrected chi connectivity index (χ2v) is 5.47. The summed E-state index contributed by atoms with van der Waals surface area (Å²) in [7, 11) is 0. The van der Waals surface area contributed by atoms with E-state index in [2.05, 4.69) is 35.8 Å². The number of halogens is 2. The van der Waals surface area contributed by atoms with Crippen LogP contribution in [0.1, 0.15) is 5.69 Å². The Balaban J connectivity index is 2.19. The second-order valence-electron chi connectivity index (χ2n) is 4.66. The zero-order valence-electron chi connectivity index (χ0n) is 11.0. The molecule has 0 spiro atoms. The van der Waals surface area contributed by atoms with E-state index < -0.39 is 0 Å². The van der Waals surface area contributed by atoms with Crippen molar-refractivity contribution in [3.05, 3.63) is 76.4 Å². The van der Waals surface area contributed by atoms with Gasteiger partial charge in [0.25, 0.3) is 0 Å². The largest absolute Gasteiger partial charge is 0.314 e. The van der Waals surface area contributed by atoms with Crippen LogP contribution in [0.2, 0.25) is 10.0 Å². The van der Waals surface area contributed by atoms with Crippen molar-refractivity contribution in [2.75, 3.05) is 0 Å². The van der Waals surface area contributed by atoms with Gasteiger partial charge in [-0.1, -0.05) is 53.5 Å². The van der Waals surface area contributed by atoms with E-state index in [4.69, 9.17) is 23.2 Å². The van der Waals surface area contributed by atoms with E-state index in [1.165, 1.54) is 5.56 Å². The maximum Gasteiger partial charge on any atom is 0.0613 e. The minimum absolute atomic E-state index is 0.566. The van der Waals surface area contributed by atoms with Crippen molar-refractivity contribution in [3.63, 3.8) is 0 Å². The molecule has 1 aromatic heterocycles. The van der Waals surface area contributed by atoms with Crippen molar-refractivity contribution in [2.45, 2.75) is 6.92 Å². The number of nitrogens with zero attached hydrogens (tertiary/aromatic N) is 1. The fourth-order valence-corrected chi connectivity index (χ4v) is 2.63. The first-order chi connectivity index (χ1) is 9.66. The van der Waals surface area contributed by atoms with Crippen LogP contribution in [0, 0.1) is 6.92 Å². The van der Waals surface area contributed by atoms with Gasteiger partial charge in [-0.2, -0.15) is 0 Å². The molecule has 0 aliphatic heterocycles. The summed E-state index contributed by atoms with van der Waals surface area (Å²) >= 11 is 12.1. The van der Waals surface area contributed by atoms with Gasteiger partial charge in [0.1, 0.15) is 0 Å². The molecule has 100 valence electrons. The van der Waals surface area contributed by atoms with Crippen LogP contribution >= 0.6 is 23.2 Å². The Morgan fingerprint density at radius 3 is 2.25 bits per heavy atom. The summed E-state index contributed by atoms with van der Waals surface area (Å²) in [5.74, 6) is 0. The molecule has 0 aliphatic carbocycles. The number of aromatic nitrogens is 1. The van der Waals surface area contributed by atoms with Crippen molar-refractivity contribution in [1.29, 1.82) is 0 Å². The standard InChI is InChI=1S/C17H13Cl2N/c1-12-7-10-17(13-5-3-2-4-6-13)20(12)14-8-9-15(18)16(19)11-14/h2-11H,1H3. The van der Waals surface area contributed by atoms with Crippen LogP contribution in [0.3, 0.4) is 0 Å². The molecule has 0 radical (unpaired) electrons. The first kappa shape index (κ1) is 13.3. The van der Waals surface area contributed by atoms with Gasteiger partial charge in [-0.05, 0) is 42.8 Å². The Kier molecular flexibility index (Phi) is 3.56. The van der Waals surface area contributed by atoms with Crippen molar-refractivity contribution >= 4 is 23.2 Å². The average molecular weight is 302 g/mol. The molecule has 0 aliphatic rings. The Labute approximate surface area is 128 Å². The van der Waals surface area contributed by atoms with Crippen LogP contribution in [0.5, 0.6) is 0 Å². The molecule has 0 fully saturated rings. The topological polar surface area (TPSA) is 4.93 Å². The first-order valence-corrected chi connectivity index (χ1v) is 7.11.